The Labute approximate surface area is 228 Å². The molecule has 4 aromatic carbocycles. The molecule has 0 fully saturated rings. The summed E-state index contributed by atoms with van der Waals surface area (Å²) in [4.78, 5) is 11.6. The van der Waals surface area contributed by atoms with Crippen LogP contribution < -0.4 is 0 Å². The summed E-state index contributed by atoms with van der Waals surface area (Å²) >= 11 is 1.93. The van der Waals surface area contributed by atoms with E-state index in [-0.39, 0.29) is 0 Å². The lowest BCUT2D eigenvalue weighted by atomic mass is 9.96. The first-order valence-electron chi connectivity index (χ1n) is 13.3. The molecule has 0 amide bonds. The molecule has 0 unspecified atom stereocenters. The van der Waals surface area contributed by atoms with Crippen LogP contribution in [-0.2, 0) is 0 Å². The van der Waals surface area contributed by atoms with Crippen molar-refractivity contribution in [3.8, 4) is 11.3 Å². The molecule has 0 saturated carbocycles. The number of rotatable bonds is 3. The van der Waals surface area contributed by atoms with Gasteiger partial charge in [-0.3, -0.25) is 4.98 Å². The van der Waals surface area contributed by atoms with E-state index in [1.165, 1.54) is 32.4 Å². The first-order chi connectivity index (χ1) is 18.8. The van der Waals surface area contributed by atoms with E-state index in [2.05, 4.69) is 117 Å². The smallest absolute Gasteiger partial charge is 0.0979 e. The molecule has 3 heteroatoms. The summed E-state index contributed by atoms with van der Waals surface area (Å²) in [7, 11) is 0. The number of allylic oxidation sites excluding steroid dienone is 6. The van der Waals surface area contributed by atoms with E-state index in [9.17, 15) is 0 Å². The number of hydrogen-bond donors (Lipinski definition) is 0. The molecule has 1 aliphatic heterocycles. The zero-order valence-electron chi connectivity index (χ0n) is 21.8. The van der Waals surface area contributed by atoms with Gasteiger partial charge in [-0.05, 0) is 53.3 Å². The molecule has 0 saturated heterocycles. The van der Waals surface area contributed by atoms with Crippen molar-refractivity contribution in [2.45, 2.75) is 26.7 Å². The molecule has 0 aliphatic carbocycles. The lowest BCUT2D eigenvalue weighted by molar-refractivity contribution is 1.20. The van der Waals surface area contributed by atoms with E-state index >= 15 is 0 Å². The Kier molecular flexibility index (Phi) is 6.94. The third kappa shape index (κ3) is 4.48. The molecule has 1 aromatic heterocycles. The van der Waals surface area contributed by atoms with Crippen molar-refractivity contribution in [2.75, 3.05) is 5.75 Å². The van der Waals surface area contributed by atoms with Crippen LogP contribution >= 0.6 is 11.8 Å². The van der Waals surface area contributed by atoms with Crippen LogP contribution in [0, 0.1) is 0 Å². The molecule has 0 spiro atoms. The summed E-state index contributed by atoms with van der Waals surface area (Å²) in [6.07, 6.45) is 14.9. The van der Waals surface area contributed by atoms with Gasteiger partial charge in [0.25, 0.3) is 0 Å². The van der Waals surface area contributed by atoms with E-state index in [1.807, 2.05) is 18.0 Å². The summed E-state index contributed by atoms with van der Waals surface area (Å²) < 4.78 is 0. The zero-order valence-corrected chi connectivity index (χ0v) is 22.6. The van der Waals surface area contributed by atoms with Crippen molar-refractivity contribution in [3.05, 3.63) is 125 Å². The molecule has 1 aliphatic rings. The van der Waals surface area contributed by atoms with Gasteiger partial charge in [-0.25, -0.2) is 4.98 Å². The van der Waals surface area contributed by atoms with Gasteiger partial charge in [-0.1, -0.05) is 104 Å². The van der Waals surface area contributed by atoms with Crippen molar-refractivity contribution in [3.63, 3.8) is 0 Å². The fraction of sp³-hybridized carbons (Fsp3) is 0.143. The van der Waals surface area contributed by atoms with Gasteiger partial charge in [-0.2, -0.15) is 0 Å². The van der Waals surface area contributed by atoms with E-state index in [0.717, 1.165) is 51.7 Å². The van der Waals surface area contributed by atoms with Crippen molar-refractivity contribution < 1.29 is 0 Å². The van der Waals surface area contributed by atoms with Gasteiger partial charge in [0.15, 0.2) is 0 Å². The predicted molar refractivity (Wildman–Crippen MR) is 166 cm³/mol. The fourth-order valence-corrected chi connectivity index (χ4v) is 6.58. The SMILES string of the molecule is C/C=C1/C/C=C\C=C/CS/C1=C(/CC)c1cccc(-c2cnc3c4ccccc4c4ccccc4c3n2)c1. The quantitative estimate of drug-likeness (QED) is 0.226. The number of benzene rings is 4. The summed E-state index contributed by atoms with van der Waals surface area (Å²) in [6, 6.07) is 25.9. The Morgan fingerprint density at radius 2 is 1.55 bits per heavy atom. The summed E-state index contributed by atoms with van der Waals surface area (Å²) in [5, 5.41) is 4.72. The van der Waals surface area contributed by atoms with Crippen LogP contribution in [0.3, 0.4) is 0 Å². The molecule has 0 bridgehead atoms. The average molecular weight is 511 g/mol. The number of thioether (sulfide) groups is 1. The van der Waals surface area contributed by atoms with Crippen LogP contribution in [0.15, 0.2) is 120 Å². The minimum Gasteiger partial charge on any atom is -0.252 e. The van der Waals surface area contributed by atoms with Crippen molar-refractivity contribution in [1.29, 1.82) is 0 Å². The van der Waals surface area contributed by atoms with E-state index in [4.69, 9.17) is 9.97 Å². The molecule has 0 radical (unpaired) electrons. The molecular formula is C35H30N2S. The Bertz CT molecular complexity index is 1750. The number of hydrogen-bond acceptors (Lipinski definition) is 3. The van der Waals surface area contributed by atoms with Gasteiger partial charge in [0.05, 0.1) is 22.9 Å². The number of aromatic nitrogens is 2. The molecule has 2 nitrogen and oxygen atoms in total. The van der Waals surface area contributed by atoms with Gasteiger partial charge >= 0.3 is 0 Å². The fourth-order valence-electron chi connectivity index (χ4n) is 5.38. The standard InChI is InChI=1S/C35H30N2S/c1-3-24-14-7-5-6-12-21-38-35(24)27(4-2)25-15-13-16-26(22-25)32-23-36-33-30-19-10-8-17-28(30)29-18-9-11-20-31(29)34(33)37-32/h3,5-13,15-20,22-23H,4,14,21H2,1-2H3/b7-5-,12-6-,24-3-,35-27-. The molecule has 5 aromatic rings. The van der Waals surface area contributed by atoms with Crippen LogP contribution in [-0.4, -0.2) is 15.7 Å². The minimum absolute atomic E-state index is 0.902. The van der Waals surface area contributed by atoms with Crippen molar-refractivity contribution in [2.24, 2.45) is 0 Å². The molecular weight excluding hydrogens is 480 g/mol. The normalized spacial score (nSPS) is 18.3. The van der Waals surface area contributed by atoms with Crippen molar-refractivity contribution >= 4 is 49.9 Å². The van der Waals surface area contributed by atoms with Crippen LogP contribution in [0.25, 0.3) is 49.4 Å². The Hall–Kier alpha value is -3.95. The molecule has 38 heavy (non-hydrogen) atoms. The maximum Gasteiger partial charge on any atom is 0.0979 e. The monoisotopic (exact) mass is 510 g/mol. The van der Waals surface area contributed by atoms with Crippen LogP contribution in [0.4, 0.5) is 0 Å². The van der Waals surface area contributed by atoms with Gasteiger partial charge in [0, 0.05) is 27.0 Å². The third-order valence-electron chi connectivity index (χ3n) is 7.25. The van der Waals surface area contributed by atoms with E-state index in [1.54, 1.807) is 0 Å². The highest BCUT2D eigenvalue weighted by Crippen LogP contribution is 2.38. The highest BCUT2D eigenvalue weighted by Gasteiger charge is 2.15. The number of fused-ring (bicyclic) bond motifs is 6. The highest BCUT2D eigenvalue weighted by atomic mass is 32.2. The van der Waals surface area contributed by atoms with Crippen LogP contribution in [0.5, 0.6) is 0 Å². The zero-order chi connectivity index (χ0) is 25.9. The molecule has 2 heterocycles. The van der Waals surface area contributed by atoms with Crippen LogP contribution in [0.1, 0.15) is 32.3 Å². The maximum atomic E-state index is 5.22. The lowest BCUT2D eigenvalue weighted by Crippen LogP contribution is -1.96. The molecule has 6 rings (SSSR count). The van der Waals surface area contributed by atoms with E-state index in [0.29, 0.717) is 0 Å². The second kappa shape index (κ2) is 10.8. The average Bonchev–Trinajstić information content (AvgIpc) is 3.10. The summed E-state index contributed by atoms with van der Waals surface area (Å²) in [5.41, 5.74) is 7.94. The molecule has 186 valence electrons. The molecule has 0 N–H and O–H groups in total. The second-order valence-electron chi connectivity index (χ2n) is 9.47. The van der Waals surface area contributed by atoms with Gasteiger partial charge < -0.3 is 0 Å². The predicted octanol–water partition coefficient (Wildman–Crippen LogP) is 9.92. The minimum atomic E-state index is 0.902. The van der Waals surface area contributed by atoms with Gasteiger partial charge in [-0.15, -0.1) is 11.8 Å². The Morgan fingerprint density at radius 1 is 0.842 bits per heavy atom. The van der Waals surface area contributed by atoms with E-state index < -0.39 is 0 Å². The topological polar surface area (TPSA) is 25.8 Å². The first kappa shape index (κ1) is 24.4. The highest BCUT2D eigenvalue weighted by molar-refractivity contribution is 8.03. The maximum absolute atomic E-state index is 5.22. The van der Waals surface area contributed by atoms with Gasteiger partial charge in [0.1, 0.15) is 0 Å². The third-order valence-corrected chi connectivity index (χ3v) is 8.40. The molecule has 0 atom stereocenters. The Balaban J connectivity index is 1.51. The first-order valence-corrected chi connectivity index (χ1v) is 14.3. The largest absolute Gasteiger partial charge is 0.252 e. The lowest BCUT2D eigenvalue weighted by Gasteiger charge is -2.17. The number of nitrogens with zero attached hydrogens (tertiary/aromatic N) is 2. The summed E-state index contributed by atoms with van der Waals surface area (Å²) in [6.45, 7) is 4.41. The second-order valence-corrected chi connectivity index (χ2v) is 10.5. The van der Waals surface area contributed by atoms with Crippen LogP contribution in [0.2, 0.25) is 0 Å². The summed E-state index contributed by atoms with van der Waals surface area (Å²) in [5.74, 6) is 0.970. The Morgan fingerprint density at radius 3 is 2.29 bits per heavy atom. The van der Waals surface area contributed by atoms with Gasteiger partial charge in [0.2, 0.25) is 0 Å². The van der Waals surface area contributed by atoms with Crippen molar-refractivity contribution in [1.82, 2.24) is 9.97 Å².